The van der Waals surface area contributed by atoms with E-state index in [2.05, 4.69) is 44.1 Å². The average Bonchev–Trinajstić information content (AvgIpc) is 3.42. The van der Waals surface area contributed by atoms with Gasteiger partial charge in [0.05, 0.1) is 39.5 Å². The second kappa shape index (κ2) is 7.73. The Morgan fingerprint density at radius 2 is 2.00 bits per heavy atom. The van der Waals surface area contributed by atoms with Crippen molar-refractivity contribution >= 4 is 38.8 Å². The Kier molecular flexibility index (Phi) is 4.73. The van der Waals surface area contributed by atoms with E-state index in [0.717, 1.165) is 45.9 Å². The van der Waals surface area contributed by atoms with Gasteiger partial charge in [0.15, 0.2) is 0 Å². The predicted octanol–water partition coefficient (Wildman–Crippen LogP) is 4.88. The van der Waals surface area contributed by atoms with Crippen molar-refractivity contribution in [3.8, 4) is 10.4 Å². The summed E-state index contributed by atoms with van der Waals surface area (Å²) in [4.78, 5) is 26.9. The van der Waals surface area contributed by atoms with Gasteiger partial charge in [-0.3, -0.25) is 4.79 Å². The SMILES string of the molecule is O=c1[nH]cnc2c(-c3ccc4c(c3)ncn4C3CCCCC3)sc(C3=CCNCC3)c12. The number of nitrogens with one attached hydrogen (secondary N) is 2. The lowest BCUT2D eigenvalue weighted by atomic mass is 9.95. The smallest absolute Gasteiger partial charge is 0.260 e. The Morgan fingerprint density at radius 1 is 1.10 bits per heavy atom. The number of H-pyrrole nitrogens is 1. The summed E-state index contributed by atoms with van der Waals surface area (Å²) in [6.45, 7) is 1.77. The van der Waals surface area contributed by atoms with Crippen LogP contribution in [0.1, 0.15) is 49.4 Å². The monoisotopic (exact) mass is 431 g/mol. The second-order valence-corrected chi connectivity index (χ2v) is 9.57. The molecule has 0 atom stereocenters. The normalized spacial score (nSPS) is 18.0. The predicted molar refractivity (Wildman–Crippen MR) is 127 cm³/mol. The maximum absolute atomic E-state index is 12.7. The molecule has 4 aromatic rings. The van der Waals surface area contributed by atoms with Gasteiger partial charge in [0, 0.05) is 17.5 Å². The van der Waals surface area contributed by atoms with Crippen LogP contribution >= 0.6 is 11.3 Å². The van der Waals surface area contributed by atoms with Crippen LogP contribution in [-0.4, -0.2) is 32.6 Å². The fourth-order valence-electron chi connectivity index (χ4n) is 5.06. The van der Waals surface area contributed by atoms with E-state index in [1.54, 1.807) is 11.3 Å². The van der Waals surface area contributed by atoms with Crippen molar-refractivity contribution < 1.29 is 0 Å². The van der Waals surface area contributed by atoms with Crippen LogP contribution in [0.5, 0.6) is 0 Å². The molecule has 1 aromatic carbocycles. The maximum Gasteiger partial charge on any atom is 0.260 e. The molecule has 0 radical (unpaired) electrons. The molecule has 0 saturated heterocycles. The highest BCUT2D eigenvalue weighted by Crippen LogP contribution is 2.41. The van der Waals surface area contributed by atoms with Gasteiger partial charge in [0.2, 0.25) is 0 Å². The highest BCUT2D eigenvalue weighted by atomic mass is 32.1. The third kappa shape index (κ3) is 3.23. The molecule has 0 bridgehead atoms. The molecule has 2 aliphatic rings. The fourth-order valence-corrected chi connectivity index (χ4v) is 6.37. The summed E-state index contributed by atoms with van der Waals surface area (Å²) >= 11 is 1.68. The Hall–Kier alpha value is -2.77. The van der Waals surface area contributed by atoms with E-state index in [4.69, 9.17) is 4.98 Å². The summed E-state index contributed by atoms with van der Waals surface area (Å²) in [7, 11) is 0. The topological polar surface area (TPSA) is 75.6 Å². The molecular weight excluding hydrogens is 406 g/mol. The van der Waals surface area contributed by atoms with E-state index in [9.17, 15) is 4.79 Å². The van der Waals surface area contributed by atoms with Gasteiger partial charge < -0.3 is 14.9 Å². The average molecular weight is 432 g/mol. The highest BCUT2D eigenvalue weighted by Gasteiger charge is 2.22. The first kappa shape index (κ1) is 19.0. The van der Waals surface area contributed by atoms with Crippen LogP contribution < -0.4 is 10.9 Å². The number of rotatable bonds is 3. The number of fused-ring (bicyclic) bond motifs is 2. The molecule has 4 heterocycles. The lowest BCUT2D eigenvalue weighted by molar-refractivity contribution is 0.359. The fraction of sp³-hybridized carbons (Fsp3) is 0.375. The molecule has 31 heavy (non-hydrogen) atoms. The minimum atomic E-state index is -0.0652. The number of nitrogens with zero attached hydrogens (tertiary/aromatic N) is 3. The zero-order chi connectivity index (χ0) is 20.8. The molecular formula is C24H25N5OS. The molecule has 1 aliphatic carbocycles. The van der Waals surface area contributed by atoms with Crippen LogP contribution in [0.4, 0.5) is 0 Å². The number of benzene rings is 1. The number of aromatic amines is 1. The molecule has 3 aromatic heterocycles. The van der Waals surface area contributed by atoms with E-state index in [0.29, 0.717) is 11.4 Å². The molecule has 1 fully saturated rings. The van der Waals surface area contributed by atoms with E-state index in [-0.39, 0.29) is 5.56 Å². The molecule has 2 N–H and O–H groups in total. The summed E-state index contributed by atoms with van der Waals surface area (Å²) in [6.07, 6.45) is 13.1. The Morgan fingerprint density at radius 3 is 2.84 bits per heavy atom. The second-order valence-electron chi connectivity index (χ2n) is 8.55. The van der Waals surface area contributed by atoms with Gasteiger partial charge in [-0.1, -0.05) is 31.4 Å². The van der Waals surface area contributed by atoms with Crippen LogP contribution in [0.15, 0.2) is 41.7 Å². The quantitative estimate of drug-likeness (QED) is 0.485. The van der Waals surface area contributed by atoms with Crippen molar-refractivity contribution in [1.29, 1.82) is 0 Å². The lowest BCUT2D eigenvalue weighted by Crippen LogP contribution is -2.20. The molecule has 0 unspecified atom stereocenters. The van der Waals surface area contributed by atoms with Crippen LogP contribution in [0.25, 0.3) is 38.0 Å². The van der Waals surface area contributed by atoms with E-state index >= 15 is 0 Å². The number of hydrogen-bond donors (Lipinski definition) is 2. The molecule has 7 heteroatoms. The number of imidazole rings is 1. The largest absolute Gasteiger partial charge is 0.327 e. The zero-order valence-electron chi connectivity index (χ0n) is 17.4. The van der Waals surface area contributed by atoms with Gasteiger partial charge in [-0.2, -0.15) is 0 Å². The van der Waals surface area contributed by atoms with Gasteiger partial charge in [-0.25, -0.2) is 9.97 Å². The summed E-state index contributed by atoms with van der Waals surface area (Å²) in [5, 5.41) is 4.06. The van der Waals surface area contributed by atoms with E-state index < -0.39 is 0 Å². The molecule has 1 aliphatic heterocycles. The van der Waals surface area contributed by atoms with Gasteiger partial charge >= 0.3 is 0 Å². The Labute approximate surface area is 184 Å². The minimum Gasteiger partial charge on any atom is -0.327 e. The summed E-state index contributed by atoms with van der Waals surface area (Å²) in [5.74, 6) is 0. The maximum atomic E-state index is 12.7. The van der Waals surface area contributed by atoms with Gasteiger partial charge in [-0.05, 0) is 49.1 Å². The zero-order valence-corrected chi connectivity index (χ0v) is 18.2. The number of aromatic nitrogens is 4. The molecule has 6 rings (SSSR count). The highest BCUT2D eigenvalue weighted by molar-refractivity contribution is 7.18. The molecule has 6 nitrogen and oxygen atoms in total. The third-order valence-corrected chi connectivity index (χ3v) is 7.96. The van der Waals surface area contributed by atoms with E-state index in [1.807, 2.05) is 6.33 Å². The van der Waals surface area contributed by atoms with Crippen LogP contribution in [0.3, 0.4) is 0 Å². The van der Waals surface area contributed by atoms with Crippen molar-refractivity contribution in [1.82, 2.24) is 24.8 Å². The molecule has 0 amide bonds. The summed E-state index contributed by atoms with van der Waals surface area (Å²) < 4.78 is 2.36. The molecule has 0 spiro atoms. The van der Waals surface area contributed by atoms with Crippen molar-refractivity contribution in [2.24, 2.45) is 0 Å². The molecule has 1 saturated carbocycles. The number of hydrogen-bond acceptors (Lipinski definition) is 5. The van der Waals surface area contributed by atoms with Crippen LogP contribution in [0.2, 0.25) is 0 Å². The van der Waals surface area contributed by atoms with Crippen molar-refractivity contribution in [3.05, 3.63) is 52.2 Å². The van der Waals surface area contributed by atoms with Crippen LogP contribution in [-0.2, 0) is 0 Å². The summed E-state index contributed by atoms with van der Waals surface area (Å²) in [5.41, 5.74) is 5.25. The van der Waals surface area contributed by atoms with Gasteiger partial charge in [-0.15, -0.1) is 11.3 Å². The van der Waals surface area contributed by atoms with Crippen molar-refractivity contribution in [2.45, 2.75) is 44.6 Å². The first-order valence-corrected chi connectivity index (χ1v) is 12.0. The first-order chi connectivity index (χ1) is 15.3. The lowest BCUT2D eigenvalue weighted by Gasteiger charge is -2.23. The summed E-state index contributed by atoms with van der Waals surface area (Å²) in [6, 6.07) is 7.07. The van der Waals surface area contributed by atoms with Gasteiger partial charge in [0.1, 0.15) is 0 Å². The first-order valence-electron chi connectivity index (χ1n) is 11.2. The Balaban J connectivity index is 1.48. The minimum absolute atomic E-state index is 0.0652. The van der Waals surface area contributed by atoms with E-state index in [1.165, 1.54) is 49.5 Å². The van der Waals surface area contributed by atoms with Gasteiger partial charge in [0.25, 0.3) is 5.56 Å². The van der Waals surface area contributed by atoms with Crippen LogP contribution in [0, 0.1) is 0 Å². The van der Waals surface area contributed by atoms with Crippen molar-refractivity contribution in [3.63, 3.8) is 0 Å². The Bertz CT molecular complexity index is 1360. The number of thiophene rings is 1. The molecule has 158 valence electrons. The van der Waals surface area contributed by atoms with Crippen molar-refractivity contribution in [2.75, 3.05) is 13.1 Å². The third-order valence-electron chi connectivity index (χ3n) is 6.66. The standard InChI is InChI=1S/C24H25N5OS/c30-24-20-21(26-13-27-24)23(31-22(20)15-8-10-25-11-9-15)16-6-7-19-18(12-16)28-14-29(19)17-4-2-1-3-5-17/h6-8,12-14,17,25H,1-5,9-11H2,(H,26,27,30).